The predicted molar refractivity (Wildman–Crippen MR) is 174 cm³/mol. The molecule has 2 aliphatic heterocycles. The van der Waals surface area contributed by atoms with E-state index in [9.17, 15) is 32.3 Å². The lowest BCUT2D eigenvalue weighted by Gasteiger charge is -2.43. The number of carbonyl (C=O) groups is 3. The van der Waals surface area contributed by atoms with Crippen LogP contribution in [0.25, 0.3) is 0 Å². The number of carbonyl (C=O) groups excluding carboxylic acids is 3. The van der Waals surface area contributed by atoms with E-state index in [1.54, 1.807) is 36.4 Å². The first-order valence-electron chi connectivity index (χ1n) is 15.2. The molecular formula is C34H25ClF3N3O5S2. The molecule has 3 heterocycles. The minimum Gasteiger partial charge on any atom is -0.484 e. The molecule has 0 spiro atoms. The van der Waals surface area contributed by atoms with Crippen LogP contribution in [-0.4, -0.2) is 34.6 Å². The topological polar surface area (TPSA) is 109 Å². The molecule has 1 aromatic heterocycles. The lowest BCUT2D eigenvalue weighted by atomic mass is 9.68. The summed E-state index contributed by atoms with van der Waals surface area (Å²) in [6.45, 7) is -0.221. The third-order valence-corrected chi connectivity index (χ3v) is 12.7. The van der Waals surface area contributed by atoms with Gasteiger partial charge in [0.2, 0.25) is 11.8 Å². The number of rotatable bonds is 6. The average molecular weight is 712 g/mol. The Balaban J connectivity index is 1.05. The molecule has 3 amide bonds. The van der Waals surface area contributed by atoms with Crippen molar-refractivity contribution in [3.8, 4) is 5.75 Å². The molecule has 0 radical (unpaired) electrons. The molecule has 8 nitrogen and oxygen atoms in total. The van der Waals surface area contributed by atoms with E-state index in [4.69, 9.17) is 16.3 Å². The van der Waals surface area contributed by atoms with E-state index >= 15 is 0 Å². The fourth-order valence-electron chi connectivity index (χ4n) is 8.12. The lowest BCUT2D eigenvalue weighted by Crippen LogP contribution is -2.42. The second kappa shape index (κ2) is 11.5. The van der Waals surface area contributed by atoms with Crippen molar-refractivity contribution >= 4 is 63.8 Å². The molecule has 3 fully saturated rings. The van der Waals surface area contributed by atoms with Gasteiger partial charge in [0.1, 0.15) is 5.75 Å². The van der Waals surface area contributed by atoms with Gasteiger partial charge in [-0.3, -0.25) is 24.1 Å². The van der Waals surface area contributed by atoms with E-state index in [-0.39, 0.29) is 52.0 Å². The van der Waals surface area contributed by atoms with Crippen molar-refractivity contribution in [1.82, 2.24) is 4.98 Å². The molecule has 1 saturated heterocycles. The first-order valence-corrected chi connectivity index (χ1v) is 17.3. The molecule has 2 bridgehead atoms. The summed E-state index contributed by atoms with van der Waals surface area (Å²) >= 11 is 8.55. The van der Waals surface area contributed by atoms with Crippen LogP contribution in [0.1, 0.15) is 28.3 Å². The molecule has 2 aliphatic carbocycles. The van der Waals surface area contributed by atoms with Crippen LogP contribution in [0.4, 0.5) is 24.5 Å². The van der Waals surface area contributed by atoms with Crippen LogP contribution < -0.4 is 19.8 Å². The Kier molecular flexibility index (Phi) is 7.49. The fraction of sp³-hybridized carbons (Fsp3) is 0.294. The van der Waals surface area contributed by atoms with Crippen LogP contribution in [0.2, 0.25) is 5.02 Å². The van der Waals surface area contributed by atoms with Crippen LogP contribution in [0.3, 0.4) is 0 Å². The molecule has 3 aromatic carbocycles. The maximum atomic E-state index is 13.9. The molecule has 4 aromatic rings. The Morgan fingerprint density at radius 1 is 0.979 bits per heavy atom. The van der Waals surface area contributed by atoms with Crippen LogP contribution in [0.5, 0.6) is 5.75 Å². The maximum Gasteiger partial charge on any atom is 0.416 e. The molecule has 246 valence electrons. The summed E-state index contributed by atoms with van der Waals surface area (Å²) in [7, 11) is 0. The number of benzene rings is 3. The third-order valence-electron chi connectivity index (χ3n) is 9.89. The van der Waals surface area contributed by atoms with Crippen molar-refractivity contribution in [2.24, 2.45) is 29.6 Å². The van der Waals surface area contributed by atoms with E-state index in [0.29, 0.717) is 22.9 Å². The second-order valence-electron chi connectivity index (χ2n) is 12.4. The van der Waals surface area contributed by atoms with Gasteiger partial charge in [-0.1, -0.05) is 41.1 Å². The van der Waals surface area contributed by atoms with Gasteiger partial charge in [-0.15, -0.1) is 11.8 Å². The van der Waals surface area contributed by atoms with Gasteiger partial charge in [-0.2, -0.15) is 13.2 Å². The molecule has 48 heavy (non-hydrogen) atoms. The molecule has 7 atom stereocenters. The number of fused-ring (bicyclic) bond motifs is 9. The largest absolute Gasteiger partial charge is 0.484 e. The normalized spacial score (nSPS) is 27.1. The van der Waals surface area contributed by atoms with Gasteiger partial charge in [-0.25, -0.2) is 0 Å². The highest BCUT2D eigenvalue weighted by atomic mass is 35.5. The van der Waals surface area contributed by atoms with E-state index in [0.717, 1.165) is 43.8 Å². The number of halogens is 4. The minimum atomic E-state index is -4.62. The summed E-state index contributed by atoms with van der Waals surface area (Å²) in [4.78, 5) is 57.3. The van der Waals surface area contributed by atoms with Crippen LogP contribution in [-0.2, 0) is 20.6 Å². The van der Waals surface area contributed by atoms with Crippen LogP contribution in [0, 0.1) is 29.6 Å². The van der Waals surface area contributed by atoms with Crippen LogP contribution in [0.15, 0.2) is 82.6 Å². The van der Waals surface area contributed by atoms with E-state index in [1.165, 1.54) is 23.9 Å². The lowest BCUT2D eigenvalue weighted by molar-refractivity contribution is -0.137. The third kappa shape index (κ3) is 5.14. The van der Waals surface area contributed by atoms with Crippen molar-refractivity contribution in [1.29, 1.82) is 0 Å². The number of aromatic nitrogens is 1. The molecule has 2 N–H and O–H groups in total. The predicted octanol–water partition coefficient (Wildman–Crippen LogP) is 6.80. The van der Waals surface area contributed by atoms with Gasteiger partial charge in [-0.05, 0) is 84.3 Å². The zero-order valence-corrected chi connectivity index (χ0v) is 27.1. The number of nitrogens with zero attached hydrogens (tertiary/aromatic N) is 1. The SMILES string of the molecule is O=C(COc1ccc([C@@H]2c3sc(=O)[nH]c3S[C@@H]3[C@@H]4C[C@@H]([C@@H]5C(=O)N(c6cccc(C(F)(F)F)c6)C(=O)[C@@H]45)[C@H]23)cc1)Nc1ccc(Cl)cc1. The number of aromatic amines is 1. The Hall–Kier alpha value is -4.07. The Morgan fingerprint density at radius 2 is 1.69 bits per heavy atom. The Morgan fingerprint density at radius 3 is 2.40 bits per heavy atom. The van der Waals surface area contributed by atoms with Gasteiger partial charge in [0, 0.05) is 26.8 Å². The number of alkyl halides is 3. The summed E-state index contributed by atoms with van der Waals surface area (Å²) in [5.74, 6) is -2.80. The molecule has 14 heteroatoms. The van der Waals surface area contributed by atoms with E-state index in [2.05, 4.69) is 10.3 Å². The summed E-state index contributed by atoms with van der Waals surface area (Å²) < 4.78 is 46.2. The first-order chi connectivity index (χ1) is 23.0. The quantitative estimate of drug-likeness (QED) is 0.213. The van der Waals surface area contributed by atoms with Crippen molar-refractivity contribution < 1.29 is 32.3 Å². The minimum absolute atomic E-state index is 0.0679. The maximum absolute atomic E-state index is 13.9. The number of amides is 3. The molecule has 8 rings (SSSR count). The zero-order valence-electron chi connectivity index (χ0n) is 24.7. The van der Waals surface area contributed by atoms with Crippen LogP contribution >= 0.6 is 34.7 Å². The number of hydrogen-bond donors (Lipinski definition) is 2. The highest BCUT2D eigenvalue weighted by molar-refractivity contribution is 8.00. The number of thioether (sulfide) groups is 1. The number of H-pyrrole nitrogens is 1. The Bertz CT molecular complexity index is 2020. The van der Waals surface area contributed by atoms with Crippen molar-refractivity contribution in [2.75, 3.05) is 16.8 Å². The van der Waals surface area contributed by atoms with Gasteiger partial charge >= 0.3 is 11.0 Å². The summed E-state index contributed by atoms with van der Waals surface area (Å²) in [5.41, 5.74) is 0.493. The molecule has 4 aliphatic rings. The highest BCUT2D eigenvalue weighted by Gasteiger charge is 2.69. The molecule has 0 unspecified atom stereocenters. The monoisotopic (exact) mass is 711 g/mol. The summed E-state index contributed by atoms with van der Waals surface area (Å²) in [6, 6.07) is 18.3. The summed E-state index contributed by atoms with van der Waals surface area (Å²) in [6.07, 6.45) is -3.97. The van der Waals surface area contributed by atoms with E-state index < -0.39 is 35.4 Å². The van der Waals surface area contributed by atoms with Gasteiger partial charge in [0.05, 0.1) is 28.1 Å². The van der Waals surface area contributed by atoms with Gasteiger partial charge in [0.25, 0.3) is 5.91 Å². The number of imide groups is 1. The van der Waals surface area contributed by atoms with Crippen molar-refractivity contribution in [3.63, 3.8) is 0 Å². The number of anilines is 2. The number of ether oxygens (including phenoxy) is 1. The smallest absolute Gasteiger partial charge is 0.416 e. The number of thiazole rings is 1. The highest BCUT2D eigenvalue weighted by Crippen LogP contribution is 2.68. The zero-order chi connectivity index (χ0) is 33.5. The average Bonchev–Trinajstić information content (AvgIpc) is 3.80. The fourth-order valence-corrected chi connectivity index (χ4v) is 11.1. The van der Waals surface area contributed by atoms with Gasteiger partial charge < -0.3 is 15.0 Å². The Labute approximate surface area is 284 Å². The van der Waals surface area contributed by atoms with Crippen molar-refractivity contribution in [2.45, 2.75) is 28.8 Å². The standard InChI is InChI=1S/C34H25ClF3N3O5S2/c35-17-6-8-18(9-7-17)39-23(42)14-46-20-10-4-15(5-11-20)24-25-21-13-22(28(25)47-30-29(24)48-33(45)40-30)27-26(21)31(43)41(32(27)44)19-3-1-2-16(12-19)34(36,37)38/h1-12,21-22,24-28H,13-14H2,(H,39,42)(H,40,45)/t21-,22-,24+,25-,26+,27+,28-/m1/s1. The molecular weight excluding hydrogens is 687 g/mol. The second-order valence-corrected chi connectivity index (χ2v) is 15.1. The van der Waals surface area contributed by atoms with Crippen molar-refractivity contribution in [3.05, 3.63) is 103 Å². The number of nitrogens with one attached hydrogen (secondary N) is 2. The first kappa shape index (κ1) is 31.2. The number of hydrogen-bond acceptors (Lipinski definition) is 7. The van der Waals surface area contributed by atoms with E-state index in [1.807, 2.05) is 12.1 Å². The summed E-state index contributed by atoms with van der Waals surface area (Å²) in [5, 5.41) is 3.96. The van der Waals surface area contributed by atoms with Gasteiger partial charge in [0.15, 0.2) is 6.61 Å². The molecule has 2 saturated carbocycles.